The number of rotatable bonds is 8. The Bertz CT molecular complexity index is 662. The van der Waals surface area contributed by atoms with Gasteiger partial charge in [-0.05, 0) is 25.0 Å². The van der Waals surface area contributed by atoms with Crippen LogP contribution in [0, 0.1) is 6.92 Å². The predicted octanol–water partition coefficient (Wildman–Crippen LogP) is 2.34. The zero-order valence-corrected chi connectivity index (χ0v) is 15.4. The first-order chi connectivity index (χ1) is 10.7. The molecule has 1 rings (SSSR count). The molecule has 6 nitrogen and oxygen atoms in total. The first kappa shape index (κ1) is 19.6. The number of anilines is 1. The van der Waals surface area contributed by atoms with Gasteiger partial charge in [-0.1, -0.05) is 24.9 Å². The van der Waals surface area contributed by atoms with E-state index in [0.717, 1.165) is 23.4 Å². The summed E-state index contributed by atoms with van der Waals surface area (Å²) >= 11 is 6.05. The average molecular weight is 363 g/mol. The Balaban J connectivity index is 3.14. The van der Waals surface area contributed by atoms with E-state index in [-0.39, 0.29) is 12.5 Å². The number of carbonyl (C=O) groups is 1. The van der Waals surface area contributed by atoms with Crippen molar-refractivity contribution in [2.24, 2.45) is 0 Å². The van der Waals surface area contributed by atoms with Crippen LogP contribution >= 0.6 is 11.6 Å². The van der Waals surface area contributed by atoms with Crippen molar-refractivity contribution in [3.05, 3.63) is 22.7 Å². The summed E-state index contributed by atoms with van der Waals surface area (Å²) in [6.07, 6.45) is 2.84. The Morgan fingerprint density at radius 1 is 1.39 bits per heavy atom. The van der Waals surface area contributed by atoms with E-state index in [9.17, 15) is 13.2 Å². The molecule has 0 fully saturated rings. The number of sulfonamides is 1. The van der Waals surface area contributed by atoms with Crippen molar-refractivity contribution in [3.8, 4) is 5.75 Å². The van der Waals surface area contributed by atoms with Gasteiger partial charge in [-0.15, -0.1) is 0 Å². The number of nitrogens with zero attached hydrogens (tertiary/aromatic N) is 1. The normalized spacial score (nSPS) is 11.2. The van der Waals surface area contributed by atoms with Crippen LogP contribution in [-0.4, -0.2) is 40.8 Å². The van der Waals surface area contributed by atoms with Gasteiger partial charge in [-0.25, -0.2) is 8.42 Å². The number of hydrogen-bond acceptors (Lipinski definition) is 4. The quantitative estimate of drug-likeness (QED) is 0.720. The molecule has 1 amide bonds. The topological polar surface area (TPSA) is 75.7 Å². The standard InChI is InChI=1S/C15H23ClN2O4S/c1-5-6-7-17-15(19)10-18(23(4,20)21)13-8-11(2)12(16)9-14(13)22-3/h8-9H,5-7,10H2,1-4H3,(H,17,19). The summed E-state index contributed by atoms with van der Waals surface area (Å²) in [6.45, 7) is 3.98. The molecule has 0 radical (unpaired) electrons. The van der Waals surface area contributed by atoms with E-state index in [1.807, 2.05) is 6.92 Å². The number of aryl methyl sites for hydroxylation is 1. The molecule has 1 aromatic rings. The Hall–Kier alpha value is -1.47. The van der Waals surface area contributed by atoms with Gasteiger partial charge in [0, 0.05) is 17.6 Å². The second-order valence-electron chi connectivity index (χ2n) is 5.25. The molecule has 0 aliphatic rings. The van der Waals surface area contributed by atoms with Gasteiger partial charge in [0.15, 0.2) is 0 Å². The van der Waals surface area contributed by atoms with Crippen LogP contribution in [-0.2, 0) is 14.8 Å². The van der Waals surface area contributed by atoms with E-state index in [1.54, 1.807) is 19.1 Å². The van der Waals surface area contributed by atoms with Crippen LogP contribution in [0.4, 0.5) is 5.69 Å². The molecule has 0 atom stereocenters. The SMILES string of the molecule is CCCCNC(=O)CN(c1cc(C)c(Cl)cc1OC)S(C)(=O)=O. The van der Waals surface area contributed by atoms with Gasteiger partial charge < -0.3 is 10.1 Å². The van der Waals surface area contributed by atoms with Gasteiger partial charge in [-0.3, -0.25) is 9.10 Å². The average Bonchev–Trinajstić information content (AvgIpc) is 2.46. The summed E-state index contributed by atoms with van der Waals surface area (Å²) in [6, 6.07) is 3.14. The van der Waals surface area contributed by atoms with E-state index >= 15 is 0 Å². The molecule has 1 aromatic carbocycles. The number of halogens is 1. The van der Waals surface area contributed by atoms with Gasteiger partial charge in [-0.2, -0.15) is 0 Å². The minimum atomic E-state index is -3.66. The van der Waals surface area contributed by atoms with Gasteiger partial charge in [0.25, 0.3) is 0 Å². The predicted molar refractivity (Wildman–Crippen MR) is 92.8 cm³/mol. The van der Waals surface area contributed by atoms with Crippen molar-refractivity contribution in [1.82, 2.24) is 5.32 Å². The number of hydrogen-bond donors (Lipinski definition) is 1. The number of nitrogens with one attached hydrogen (secondary N) is 1. The largest absolute Gasteiger partial charge is 0.494 e. The summed E-state index contributed by atoms with van der Waals surface area (Å²) in [5.74, 6) is -0.0640. The minimum absolute atomic E-state index is 0.294. The lowest BCUT2D eigenvalue weighted by molar-refractivity contribution is -0.119. The van der Waals surface area contributed by atoms with Gasteiger partial charge in [0.1, 0.15) is 12.3 Å². The van der Waals surface area contributed by atoms with Crippen LogP contribution in [0.3, 0.4) is 0 Å². The van der Waals surface area contributed by atoms with E-state index in [4.69, 9.17) is 16.3 Å². The number of benzene rings is 1. The molecule has 0 aliphatic heterocycles. The molecular weight excluding hydrogens is 340 g/mol. The maximum absolute atomic E-state index is 12.1. The summed E-state index contributed by atoms with van der Waals surface area (Å²) in [5.41, 5.74) is 0.991. The Morgan fingerprint density at radius 2 is 2.04 bits per heavy atom. The van der Waals surface area contributed by atoms with Gasteiger partial charge in [0.05, 0.1) is 19.1 Å². The first-order valence-electron chi connectivity index (χ1n) is 7.29. The Labute approximate surface area is 142 Å². The van der Waals surface area contributed by atoms with Crippen molar-refractivity contribution in [2.75, 3.05) is 30.8 Å². The fourth-order valence-electron chi connectivity index (χ4n) is 1.98. The fourth-order valence-corrected chi connectivity index (χ4v) is 2.98. The second-order valence-corrected chi connectivity index (χ2v) is 7.56. The molecule has 0 bridgehead atoms. The van der Waals surface area contributed by atoms with Crippen molar-refractivity contribution in [3.63, 3.8) is 0 Å². The number of unbranched alkanes of at least 4 members (excludes halogenated alkanes) is 1. The van der Waals surface area contributed by atoms with E-state index in [2.05, 4.69) is 5.32 Å². The van der Waals surface area contributed by atoms with Gasteiger partial charge >= 0.3 is 0 Å². The van der Waals surface area contributed by atoms with Crippen LogP contribution < -0.4 is 14.4 Å². The van der Waals surface area contributed by atoms with Gasteiger partial charge in [0.2, 0.25) is 15.9 Å². The monoisotopic (exact) mass is 362 g/mol. The number of amides is 1. The Morgan fingerprint density at radius 3 is 2.57 bits per heavy atom. The zero-order valence-electron chi connectivity index (χ0n) is 13.8. The number of methoxy groups -OCH3 is 1. The highest BCUT2D eigenvalue weighted by Gasteiger charge is 2.24. The van der Waals surface area contributed by atoms with Crippen molar-refractivity contribution in [2.45, 2.75) is 26.7 Å². The maximum atomic E-state index is 12.1. The van der Waals surface area contributed by atoms with Crippen molar-refractivity contribution < 1.29 is 17.9 Å². The molecule has 23 heavy (non-hydrogen) atoms. The highest BCUT2D eigenvalue weighted by molar-refractivity contribution is 7.92. The second kappa shape index (κ2) is 8.40. The third-order valence-electron chi connectivity index (χ3n) is 3.27. The number of carbonyl (C=O) groups excluding carboxylic acids is 1. The zero-order chi connectivity index (χ0) is 17.6. The number of ether oxygens (including phenoxy) is 1. The summed E-state index contributed by atoms with van der Waals surface area (Å²) in [7, 11) is -2.23. The van der Waals surface area contributed by atoms with E-state index < -0.39 is 10.0 Å². The van der Waals surface area contributed by atoms with Crippen LogP contribution in [0.25, 0.3) is 0 Å². The fraction of sp³-hybridized carbons (Fsp3) is 0.533. The molecular formula is C15H23ClN2O4S. The van der Waals surface area contributed by atoms with Crippen LogP contribution in [0.1, 0.15) is 25.3 Å². The molecule has 8 heteroatoms. The molecule has 0 spiro atoms. The minimum Gasteiger partial charge on any atom is -0.494 e. The molecule has 0 heterocycles. The molecule has 0 aromatic heterocycles. The third-order valence-corrected chi connectivity index (χ3v) is 4.80. The lowest BCUT2D eigenvalue weighted by Gasteiger charge is -2.24. The first-order valence-corrected chi connectivity index (χ1v) is 9.51. The van der Waals surface area contributed by atoms with Crippen molar-refractivity contribution in [1.29, 1.82) is 0 Å². The molecule has 130 valence electrons. The molecule has 0 saturated heterocycles. The van der Waals surface area contributed by atoms with E-state index in [1.165, 1.54) is 7.11 Å². The smallest absolute Gasteiger partial charge is 0.240 e. The van der Waals surface area contributed by atoms with E-state index in [0.29, 0.717) is 28.6 Å². The third kappa shape index (κ3) is 5.58. The molecule has 1 N–H and O–H groups in total. The highest BCUT2D eigenvalue weighted by Crippen LogP contribution is 2.34. The summed E-state index contributed by atoms with van der Waals surface area (Å²) in [5, 5.41) is 3.17. The van der Waals surface area contributed by atoms with Crippen LogP contribution in [0.15, 0.2) is 12.1 Å². The molecule has 0 saturated carbocycles. The summed E-state index contributed by atoms with van der Waals surface area (Å²) < 4.78 is 30.5. The molecule has 0 unspecified atom stereocenters. The lowest BCUT2D eigenvalue weighted by Crippen LogP contribution is -2.40. The molecule has 0 aliphatic carbocycles. The van der Waals surface area contributed by atoms with Crippen LogP contribution in [0.2, 0.25) is 5.02 Å². The summed E-state index contributed by atoms with van der Waals surface area (Å²) in [4.78, 5) is 12.0. The maximum Gasteiger partial charge on any atom is 0.240 e. The highest BCUT2D eigenvalue weighted by atomic mass is 35.5. The Kier molecular flexibility index (Phi) is 7.15. The van der Waals surface area contributed by atoms with Crippen LogP contribution in [0.5, 0.6) is 5.75 Å². The van der Waals surface area contributed by atoms with Crippen molar-refractivity contribution >= 4 is 33.2 Å². The lowest BCUT2D eigenvalue weighted by atomic mass is 10.2.